The molecule has 1 heterocycles. The molecule has 0 amide bonds. The Hall–Kier alpha value is -1.07. The van der Waals surface area contributed by atoms with Gasteiger partial charge in [0.05, 0.1) is 11.5 Å². The molecule has 0 bridgehead atoms. The van der Waals surface area contributed by atoms with Crippen molar-refractivity contribution in [3.63, 3.8) is 0 Å². The summed E-state index contributed by atoms with van der Waals surface area (Å²) < 4.78 is 22.6. The zero-order chi connectivity index (χ0) is 12.5. The predicted octanol–water partition coefficient (Wildman–Crippen LogP) is 0.808. The number of nitrogens with zero attached hydrogens (tertiary/aromatic N) is 1. The summed E-state index contributed by atoms with van der Waals surface area (Å²) in [6.07, 6.45) is 0. The minimum atomic E-state index is -2.79. The molecule has 0 aromatic heterocycles. The molecule has 1 aliphatic heterocycles. The normalized spacial score (nSPS) is 20.3. The zero-order valence-electron chi connectivity index (χ0n) is 10.0. The molecule has 0 unspecified atom stereocenters. The summed E-state index contributed by atoms with van der Waals surface area (Å²) in [5.74, 6) is 0.544. The van der Waals surface area contributed by atoms with Crippen LogP contribution in [0.2, 0.25) is 0 Å². The van der Waals surface area contributed by atoms with Gasteiger partial charge in [-0.25, -0.2) is 8.42 Å². The first-order valence-electron chi connectivity index (χ1n) is 5.74. The lowest BCUT2D eigenvalue weighted by Gasteiger charge is -2.26. The van der Waals surface area contributed by atoms with Crippen LogP contribution in [0.4, 0.5) is 5.69 Å². The van der Waals surface area contributed by atoms with Crippen molar-refractivity contribution in [3.8, 4) is 0 Å². The van der Waals surface area contributed by atoms with Gasteiger partial charge in [-0.15, -0.1) is 0 Å². The molecule has 2 rings (SSSR count). The molecular weight excluding hydrogens is 236 g/mol. The van der Waals surface area contributed by atoms with E-state index in [2.05, 4.69) is 11.0 Å². The first-order valence-corrected chi connectivity index (χ1v) is 7.56. The van der Waals surface area contributed by atoms with Crippen LogP contribution in [0.1, 0.15) is 11.1 Å². The summed E-state index contributed by atoms with van der Waals surface area (Å²) in [6, 6.07) is 6.03. The molecule has 0 spiro atoms. The van der Waals surface area contributed by atoms with E-state index in [-0.39, 0.29) is 11.5 Å². The van der Waals surface area contributed by atoms with Crippen molar-refractivity contribution in [3.05, 3.63) is 29.3 Å². The Labute approximate surface area is 102 Å². The fourth-order valence-corrected chi connectivity index (χ4v) is 3.23. The highest BCUT2D eigenvalue weighted by Gasteiger charge is 2.21. The SMILES string of the molecule is Cc1ccc(CN2CCS(=O)(=O)CC2)cc1N. The molecule has 5 heteroatoms. The molecule has 0 saturated carbocycles. The predicted molar refractivity (Wildman–Crippen MR) is 69.5 cm³/mol. The lowest BCUT2D eigenvalue weighted by Crippen LogP contribution is -2.39. The third-order valence-corrected chi connectivity index (χ3v) is 4.80. The number of hydrogen-bond donors (Lipinski definition) is 1. The van der Waals surface area contributed by atoms with E-state index in [0.29, 0.717) is 13.1 Å². The Kier molecular flexibility index (Phi) is 3.40. The molecule has 2 N–H and O–H groups in total. The van der Waals surface area contributed by atoms with E-state index in [9.17, 15) is 8.42 Å². The summed E-state index contributed by atoms with van der Waals surface area (Å²) >= 11 is 0. The topological polar surface area (TPSA) is 63.4 Å². The van der Waals surface area contributed by atoms with Gasteiger partial charge in [0.25, 0.3) is 0 Å². The monoisotopic (exact) mass is 254 g/mol. The molecule has 1 saturated heterocycles. The van der Waals surface area contributed by atoms with Crippen LogP contribution in [0.25, 0.3) is 0 Å². The zero-order valence-corrected chi connectivity index (χ0v) is 10.8. The molecule has 4 nitrogen and oxygen atoms in total. The van der Waals surface area contributed by atoms with Crippen molar-refractivity contribution < 1.29 is 8.42 Å². The summed E-state index contributed by atoms with van der Waals surface area (Å²) in [4.78, 5) is 2.16. The van der Waals surface area contributed by atoms with Crippen LogP contribution in [-0.2, 0) is 16.4 Å². The number of hydrogen-bond acceptors (Lipinski definition) is 4. The van der Waals surface area contributed by atoms with Gasteiger partial charge >= 0.3 is 0 Å². The highest BCUT2D eigenvalue weighted by molar-refractivity contribution is 7.91. The maximum atomic E-state index is 11.3. The molecule has 1 aromatic rings. The van der Waals surface area contributed by atoms with Gasteiger partial charge in [0.2, 0.25) is 0 Å². The van der Waals surface area contributed by atoms with Crippen LogP contribution in [-0.4, -0.2) is 37.9 Å². The number of benzene rings is 1. The fourth-order valence-electron chi connectivity index (χ4n) is 1.95. The number of sulfone groups is 1. The van der Waals surface area contributed by atoms with E-state index in [1.165, 1.54) is 0 Å². The first-order chi connectivity index (χ1) is 7.96. The lowest BCUT2D eigenvalue weighted by atomic mass is 10.1. The van der Waals surface area contributed by atoms with E-state index in [0.717, 1.165) is 23.4 Å². The minimum absolute atomic E-state index is 0.272. The van der Waals surface area contributed by atoms with Gasteiger partial charge in [-0.3, -0.25) is 4.90 Å². The van der Waals surface area contributed by atoms with E-state index >= 15 is 0 Å². The summed E-state index contributed by atoms with van der Waals surface area (Å²) in [5, 5.41) is 0. The van der Waals surface area contributed by atoms with Crippen LogP contribution >= 0.6 is 0 Å². The Morgan fingerprint density at radius 3 is 2.53 bits per heavy atom. The molecule has 1 fully saturated rings. The van der Waals surface area contributed by atoms with Gasteiger partial charge in [-0.05, 0) is 24.1 Å². The third-order valence-electron chi connectivity index (χ3n) is 3.19. The van der Waals surface area contributed by atoms with Crippen LogP contribution in [0.15, 0.2) is 18.2 Å². The standard InChI is InChI=1S/C12H18N2O2S/c1-10-2-3-11(8-12(10)13)9-14-4-6-17(15,16)7-5-14/h2-3,8H,4-7,9,13H2,1H3. The molecule has 0 aliphatic carbocycles. The highest BCUT2D eigenvalue weighted by atomic mass is 32.2. The fraction of sp³-hybridized carbons (Fsp3) is 0.500. The van der Waals surface area contributed by atoms with Gasteiger partial charge in [0.15, 0.2) is 9.84 Å². The van der Waals surface area contributed by atoms with E-state index in [1.54, 1.807) is 0 Å². The Balaban J connectivity index is 2.00. The van der Waals surface area contributed by atoms with Gasteiger partial charge < -0.3 is 5.73 Å². The quantitative estimate of drug-likeness (QED) is 0.793. The molecule has 1 aromatic carbocycles. The van der Waals surface area contributed by atoms with E-state index < -0.39 is 9.84 Å². The summed E-state index contributed by atoms with van der Waals surface area (Å²) in [7, 11) is -2.79. The third kappa shape index (κ3) is 3.20. The van der Waals surface area contributed by atoms with Gasteiger partial charge in [0, 0.05) is 25.3 Å². The van der Waals surface area contributed by atoms with Gasteiger partial charge in [-0.2, -0.15) is 0 Å². The molecule has 94 valence electrons. The second kappa shape index (κ2) is 4.66. The lowest BCUT2D eigenvalue weighted by molar-refractivity contribution is 0.288. The first kappa shape index (κ1) is 12.4. The average Bonchev–Trinajstić information content (AvgIpc) is 2.27. The van der Waals surface area contributed by atoms with Crippen molar-refractivity contribution in [2.45, 2.75) is 13.5 Å². The Morgan fingerprint density at radius 1 is 1.29 bits per heavy atom. The number of anilines is 1. The molecule has 17 heavy (non-hydrogen) atoms. The number of nitrogens with two attached hydrogens (primary N) is 1. The van der Waals surface area contributed by atoms with Crippen molar-refractivity contribution in [2.24, 2.45) is 0 Å². The van der Waals surface area contributed by atoms with Crippen LogP contribution in [0, 0.1) is 6.92 Å². The second-order valence-electron chi connectivity index (χ2n) is 4.62. The number of nitrogen functional groups attached to an aromatic ring is 1. The molecule has 0 atom stereocenters. The van der Waals surface area contributed by atoms with Crippen molar-refractivity contribution >= 4 is 15.5 Å². The summed E-state index contributed by atoms with van der Waals surface area (Å²) in [5.41, 5.74) is 8.88. The van der Waals surface area contributed by atoms with Crippen molar-refractivity contribution in [1.29, 1.82) is 0 Å². The van der Waals surface area contributed by atoms with E-state index in [4.69, 9.17) is 5.73 Å². The number of aryl methyl sites for hydroxylation is 1. The minimum Gasteiger partial charge on any atom is -0.399 e. The maximum absolute atomic E-state index is 11.3. The largest absolute Gasteiger partial charge is 0.399 e. The molecule has 0 radical (unpaired) electrons. The smallest absolute Gasteiger partial charge is 0.152 e. The Bertz CT molecular complexity index is 497. The van der Waals surface area contributed by atoms with E-state index in [1.807, 2.05) is 19.1 Å². The number of rotatable bonds is 2. The van der Waals surface area contributed by atoms with Crippen LogP contribution in [0.3, 0.4) is 0 Å². The second-order valence-corrected chi connectivity index (χ2v) is 6.92. The summed E-state index contributed by atoms with van der Waals surface area (Å²) in [6.45, 7) is 4.00. The Morgan fingerprint density at radius 2 is 1.94 bits per heavy atom. The molecular formula is C12H18N2O2S. The van der Waals surface area contributed by atoms with Crippen LogP contribution in [0.5, 0.6) is 0 Å². The average molecular weight is 254 g/mol. The highest BCUT2D eigenvalue weighted by Crippen LogP contribution is 2.15. The van der Waals surface area contributed by atoms with Crippen molar-refractivity contribution in [2.75, 3.05) is 30.3 Å². The maximum Gasteiger partial charge on any atom is 0.152 e. The van der Waals surface area contributed by atoms with Crippen LogP contribution < -0.4 is 5.73 Å². The van der Waals surface area contributed by atoms with Crippen molar-refractivity contribution in [1.82, 2.24) is 4.90 Å². The van der Waals surface area contributed by atoms with Gasteiger partial charge in [-0.1, -0.05) is 12.1 Å². The molecule has 1 aliphatic rings. The van der Waals surface area contributed by atoms with Gasteiger partial charge in [0.1, 0.15) is 0 Å².